The number of nitrogens with one attached hydrogen (secondary N) is 1. The second-order valence-corrected chi connectivity index (χ2v) is 6.14. The van der Waals surface area contributed by atoms with Crippen molar-refractivity contribution >= 4 is 0 Å². The maximum atomic E-state index is 3.32. The van der Waals surface area contributed by atoms with Gasteiger partial charge in [0.15, 0.2) is 0 Å². The van der Waals surface area contributed by atoms with Crippen LogP contribution in [-0.4, -0.2) is 38.1 Å². The van der Waals surface area contributed by atoms with Crippen LogP contribution < -0.4 is 5.32 Å². The van der Waals surface area contributed by atoms with Gasteiger partial charge in [0, 0.05) is 0 Å². The van der Waals surface area contributed by atoms with Crippen LogP contribution in [0.2, 0.25) is 0 Å². The van der Waals surface area contributed by atoms with Crippen molar-refractivity contribution in [2.24, 2.45) is 11.8 Å². The van der Waals surface area contributed by atoms with Crippen molar-refractivity contribution in [1.82, 2.24) is 10.2 Å². The van der Waals surface area contributed by atoms with Gasteiger partial charge in [-0.1, -0.05) is 32.1 Å². The number of rotatable bonds is 5. The van der Waals surface area contributed by atoms with E-state index in [-0.39, 0.29) is 0 Å². The second-order valence-electron chi connectivity index (χ2n) is 6.14. The first-order valence-corrected chi connectivity index (χ1v) is 7.75. The van der Waals surface area contributed by atoms with Crippen molar-refractivity contribution in [2.45, 2.75) is 51.4 Å². The molecule has 2 nitrogen and oxygen atoms in total. The maximum absolute atomic E-state index is 3.32. The van der Waals surface area contributed by atoms with E-state index in [1.807, 2.05) is 0 Å². The summed E-state index contributed by atoms with van der Waals surface area (Å²) < 4.78 is 0. The van der Waals surface area contributed by atoms with E-state index in [1.54, 1.807) is 0 Å². The molecule has 0 spiro atoms. The third-order valence-corrected chi connectivity index (χ3v) is 4.78. The second kappa shape index (κ2) is 7.38. The molecular weight excluding hydrogens is 208 g/mol. The number of hydrogen-bond donors (Lipinski definition) is 1. The molecule has 1 heterocycles. The van der Waals surface area contributed by atoms with Gasteiger partial charge in [-0.25, -0.2) is 0 Å². The minimum Gasteiger partial charge on any atom is -0.319 e. The Kier molecular flexibility index (Phi) is 5.79. The molecule has 2 aliphatic rings. The summed E-state index contributed by atoms with van der Waals surface area (Å²) in [7, 11) is 2.08. The Bertz CT molecular complexity index is 191. The minimum atomic E-state index is 0.936. The van der Waals surface area contributed by atoms with Crippen LogP contribution in [0, 0.1) is 11.8 Å². The highest BCUT2D eigenvalue weighted by atomic mass is 15.1. The van der Waals surface area contributed by atoms with Gasteiger partial charge in [-0.3, -0.25) is 0 Å². The molecule has 0 aromatic carbocycles. The van der Waals surface area contributed by atoms with E-state index in [0.29, 0.717) is 0 Å². The molecule has 0 unspecified atom stereocenters. The molecule has 2 fully saturated rings. The maximum Gasteiger partial charge on any atom is -0.00156 e. The molecule has 1 aliphatic carbocycles. The molecule has 1 saturated carbocycles. The van der Waals surface area contributed by atoms with E-state index in [4.69, 9.17) is 0 Å². The van der Waals surface area contributed by atoms with Gasteiger partial charge >= 0.3 is 0 Å². The molecule has 1 saturated heterocycles. The Labute approximate surface area is 107 Å². The van der Waals surface area contributed by atoms with Gasteiger partial charge in [0.2, 0.25) is 0 Å². The quantitative estimate of drug-likeness (QED) is 0.792. The standard InChI is InChI=1S/C15H30N2/c1-16-13-15-8-11-17(12-9-15)10-7-14-5-3-2-4-6-14/h14-16H,2-13H2,1H3. The lowest BCUT2D eigenvalue weighted by molar-refractivity contribution is 0.167. The van der Waals surface area contributed by atoms with Gasteiger partial charge in [-0.15, -0.1) is 0 Å². The number of nitrogens with zero attached hydrogens (tertiary/aromatic N) is 1. The Morgan fingerprint density at radius 1 is 0.941 bits per heavy atom. The zero-order valence-corrected chi connectivity index (χ0v) is 11.6. The Morgan fingerprint density at radius 3 is 2.29 bits per heavy atom. The molecule has 0 radical (unpaired) electrons. The summed E-state index contributed by atoms with van der Waals surface area (Å²) in [5.74, 6) is 1.99. The van der Waals surface area contributed by atoms with Crippen LogP contribution in [-0.2, 0) is 0 Å². The first-order valence-electron chi connectivity index (χ1n) is 7.75. The van der Waals surface area contributed by atoms with Crippen molar-refractivity contribution in [3.05, 3.63) is 0 Å². The van der Waals surface area contributed by atoms with Crippen LogP contribution in [0.15, 0.2) is 0 Å². The number of piperidine rings is 1. The lowest BCUT2D eigenvalue weighted by atomic mass is 9.86. The average molecular weight is 238 g/mol. The van der Waals surface area contributed by atoms with Crippen molar-refractivity contribution in [3.8, 4) is 0 Å². The van der Waals surface area contributed by atoms with Gasteiger partial charge in [0.05, 0.1) is 0 Å². The predicted octanol–water partition coefficient (Wildman–Crippen LogP) is 2.89. The normalized spacial score (nSPS) is 25.2. The molecule has 0 aromatic heterocycles. The molecule has 2 rings (SSSR count). The highest BCUT2D eigenvalue weighted by Gasteiger charge is 2.20. The largest absolute Gasteiger partial charge is 0.319 e. The molecule has 0 bridgehead atoms. The number of hydrogen-bond acceptors (Lipinski definition) is 2. The van der Waals surface area contributed by atoms with Crippen LogP contribution in [0.25, 0.3) is 0 Å². The molecule has 17 heavy (non-hydrogen) atoms. The smallest absolute Gasteiger partial charge is 0.00156 e. The molecule has 0 amide bonds. The minimum absolute atomic E-state index is 0.936. The van der Waals surface area contributed by atoms with Crippen molar-refractivity contribution < 1.29 is 0 Å². The first kappa shape index (κ1) is 13.4. The van der Waals surface area contributed by atoms with Gasteiger partial charge in [-0.2, -0.15) is 0 Å². The summed E-state index contributed by atoms with van der Waals surface area (Å²) in [5, 5.41) is 3.32. The van der Waals surface area contributed by atoms with Crippen LogP contribution in [0.1, 0.15) is 51.4 Å². The van der Waals surface area contributed by atoms with Crippen LogP contribution in [0.3, 0.4) is 0 Å². The van der Waals surface area contributed by atoms with Crippen molar-refractivity contribution in [1.29, 1.82) is 0 Å². The zero-order chi connectivity index (χ0) is 11.9. The van der Waals surface area contributed by atoms with Crippen LogP contribution in [0.4, 0.5) is 0 Å². The van der Waals surface area contributed by atoms with Crippen LogP contribution in [0.5, 0.6) is 0 Å². The van der Waals surface area contributed by atoms with Gasteiger partial charge in [-0.05, 0) is 64.3 Å². The van der Waals surface area contributed by atoms with Gasteiger partial charge < -0.3 is 10.2 Å². The Morgan fingerprint density at radius 2 is 1.65 bits per heavy atom. The highest BCUT2D eigenvalue weighted by Crippen LogP contribution is 2.27. The van der Waals surface area contributed by atoms with Gasteiger partial charge in [0.1, 0.15) is 0 Å². The molecule has 1 N–H and O–H groups in total. The summed E-state index contributed by atoms with van der Waals surface area (Å²) in [6, 6.07) is 0. The first-order chi connectivity index (χ1) is 8.38. The fraction of sp³-hybridized carbons (Fsp3) is 1.00. The third kappa shape index (κ3) is 4.59. The van der Waals surface area contributed by atoms with Crippen molar-refractivity contribution in [3.63, 3.8) is 0 Å². The third-order valence-electron chi connectivity index (χ3n) is 4.78. The summed E-state index contributed by atoms with van der Waals surface area (Å²) in [5.41, 5.74) is 0. The van der Waals surface area contributed by atoms with E-state index in [0.717, 1.165) is 11.8 Å². The lowest BCUT2D eigenvalue weighted by Gasteiger charge is -2.33. The summed E-state index contributed by atoms with van der Waals surface area (Å²) in [6.45, 7) is 5.28. The molecular formula is C15H30N2. The van der Waals surface area contributed by atoms with E-state index in [9.17, 15) is 0 Å². The van der Waals surface area contributed by atoms with Crippen LogP contribution >= 0.6 is 0 Å². The summed E-state index contributed by atoms with van der Waals surface area (Å²) in [6.07, 6.45) is 11.8. The summed E-state index contributed by atoms with van der Waals surface area (Å²) in [4.78, 5) is 2.71. The number of likely N-dealkylation sites (tertiary alicyclic amines) is 1. The molecule has 0 atom stereocenters. The van der Waals surface area contributed by atoms with E-state index < -0.39 is 0 Å². The van der Waals surface area contributed by atoms with Crippen molar-refractivity contribution in [2.75, 3.05) is 33.2 Å². The average Bonchev–Trinajstić information content (AvgIpc) is 2.40. The molecule has 2 heteroatoms. The SMILES string of the molecule is CNCC1CCN(CCC2CCCCC2)CC1. The molecule has 100 valence electrons. The fourth-order valence-corrected chi connectivity index (χ4v) is 3.54. The molecule has 1 aliphatic heterocycles. The van der Waals surface area contributed by atoms with E-state index in [1.165, 1.54) is 77.5 Å². The highest BCUT2D eigenvalue weighted by molar-refractivity contribution is 4.75. The van der Waals surface area contributed by atoms with E-state index >= 15 is 0 Å². The summed E-state index contributed by atoms with van der Waals surface area (Å²) >= 11 is 0. The molecule has 0 aromatic rings. The monoisotopic (exact) mass is 238 g/mol. The fourth-order valence-electron chi connectivity index (χ4n) is 3.54. The van der Waals surface area contributed by atoms with E-state index in [2.05, 4.69) is 17.3 Å². The topological polar surface area (TPSA) is 15.3 Å². The predicted molar refractivity (Wildman–Crippen MR) is 74.3 cm³/mol. The Balaban J connectivity index is 1.57. The van der Waals surface area contributed by atoms with Gasteiger partial charge in [0.25, 0.3) is 0 Å². The lowest BCUT2D eigenvalue weighted by Crippen LogP contribution is -2.37. The zero-order valence-electron chi connectivity index (χ0n) is 11.6. The Hall–Kier alpha value is -0.0800.